The maximum Gasteiger partial charge on any atom is 0.335 e. The first kappa shape index (κ1) is 20.9. The number of nitrogens with zero attached hydrogens (tertiary/aromatic N) is 1. The fourth-order valence-corrected chi connectivity index (χ4v) is 4.84. The predicted molar refractivity (Wildman–Crippen MR) is 121 cm³/mol. The summed E-state index contributed by atoms with van der Waals surface area (Å²) >= 11 is 2.34. The summed E-state index contributed by atoms with van der Waals surface area (Å²) in [6.45, 7) is 0.198. The van der Waals surface area contributed by atoms with E-state index in [0.717, 1.165) is 33.3 Å². The Bertz CT molecular complexity index is 1200. The van der Waals surface area contributed by atoms with Crippen molar-refractivity contribution >= 4 is 46.3 Å². The minimum atomic E-state index is -0.983. The molecule has 0 bridgehead atoms. The molecule has 0 radical (unpaired) electrons. The highest BCUT2D eigenvalue weighted by molar-refractivity contribution is 8.18. The van der Waals surface area contributed by atoms with E-state index < -0.39 is 5.97 Å². The lowest BCUT2D eigenvalue weighted by atomic mass is 10.1. The molecule has 1 saturated heterocycles. The maximum absolute atomic E-state index is 12.8. The Morgan fingerprint density at radius 1 is 1.10 bits per heavy atom. The fourth-order valence-electron chi connectivity index (χ4n) is 3.09. The summed E-state index contributed by atoms with van der Waals surface area (Å²) in [4.78, 5) is 38.8. The van der Waals surface area contributed by atoms with Crippen molar-refractivity contribution in [2.75, 3.05) is 7.11 Å². The van der Waals surface area contributed by atoms with Crippen molar-refractivity contribution in [3.63, 3.8) is 0 Å². The van der Waals surface area contributed by atoms with Gasteiger partial charge in [-0.15, -0.1) is 11.3 Å². The average molecular weight is 452 g/mol. The molecule has 2 heterocycles. The monoisotopic (exact) mass is 451 g/mol. The number of hydrogen-bond donors (Lipinski definition) is 1. The van der Waals surface area contributed by atoms with Crippen molar-refractivity contribution in [3.05, 3.63) is 80.9 Å². The molecule has 0 aliphatic carbocycles. The summed E-state index contributed by atoms with van der Waals surface area (Å²) in [6, 6.07) is 15.8. The van der Waals surface area contributed by atoms with Crippen molar-refractivity contribution in [3.8, 4) is 16.9 Å². The van der Waals surface area contributed by atoms with Gasteiger partial charge in [0.25, 0.3) is 11.1 Å². The maximum atomic E-state index is 12.8. The van der Waals surface area contributed by atoms with E-state index in [1.54, 1.807) is 37.5 Å². The number of thiophene rings is 1. The zero-order valence-electron chi connectivity index (χ0n) is 16.4. The molecule has 6 nitrogen and oxygen atoms in total. The second-order valence-electron chi connectivity index (χ2n) is 6.74. The largest absolute Gasteiger partial charge is 0.497 e. The van der Waals surface area contributed by atoms with Crippen molar-refractivity contribution in [1.82, 2.24) is 4.90 Å². The van der Waals surface area contributed by atoms with Gasteiger partial charge in [0, 0.05) is 4.88 Å². The predicted octanol–water partition coefficient (Wildman–Crippen LogP) is 5.36. The van der Waals surface area contributed by atoms with E-state index in [1.807, 2.05) is 29.6 Å². The van der Waals surface area contributed by atoms with Crippen molar-refractivity contribution in [1.29, 1.82) is 0 Å². The fraction of sp³-hybridized carbons (Fsp3) is 0.0870. The van der Waals surface area contributed by atoms with Crippen LogP contribution in [-0.2, 0) is 11.3 Å². The van der Waals surface area contributed by atoms with Crippen LogP contribution in [0.3, 0.4) is 0 Å². The van der Waals surface area contributed by atoms with E-state index in [0.29, 0.717) is 10.7 Å². The SMILES string of the molecule is COc1ccc(CN2C(=O)SC(=Cc3cc(-c4cccc(C(=O)O)c4)cs3)C2=O)cc1. The number of rotatable bonds is 6. The van der Waals surface area contributed by atoms with Gasteiger partial charge in [-0.1, -0.05) is 24.3 Å². The molecule has 1 N–H and O–H groups in total. The summed E-state index contributed by atoms with van der Waals surface area (Å²) in [5, 5.41) is 10.8. The van der Waals surface area contributed by atoms with Crippen LogP contribution in [0.15, 0.2) is 64.9 Å². The molecule has 0 saturated carbocycles. The van der Waals surface area contributed by atoms with Crippen LogP contribution in [0.1, 0.15) is 20.8 Å². The Kier molecular flexibility index (Phi) is 5.92. The number of ether oxygens (including phenoxy) is 1. The number of carbonyl (C=O) groups is 3. The molecule has 2 aromatic carbocycles. The number of imide groups is 1. The lowest BCUT2D eigenvalue weighted by Crippen LogP contribution is -2.27. The van der Waals surface area contributed by atoms with E-state index in [9.17, 15) is 19.5 Å². The minimum absolute atomic E-state index is 0.198. The zero-order valence-corrected chi connectivity index (χ0v) is 18.0. The van der Waals surface area contributed by atoms with Crippen molar-refractivity contribution < 1.29 is 24.2 Å². The zero-order chi connectivity index (χ0) is 22.0. The van der Waals surface area contributed by atoms with Crippen LogP contribution in [-0.4, -0.2) is 34.2 Å². The number of carboxylic acids is 1. The Balaban J connectivity index is 1.52. The van der Waals surface area contributed by atoms with E-state index in [4.69, 9.17) is 4.74 Å². The molecule has 0 unspecified atom stereocenters. The molecule has 0 spiro atoms. The highest BCUT2D eigenvalue weighted by Crippen LogP contribution is 2.35. The molecule has 1 aliphatic heterocycles. The highest BCUT2D eigenvalue weighted by atomic mass is 32.2. The molecule has 2 amide bonds. The minimum Gasteiger partial charge on any atom is -0.497 e. The summed E-state index contributed by atoms with van der Waals surface area (Å²) in [5.74, 6) is -0.600. The Labute approximate surface area is 186 Å². The first-order valence-corrected chi connectivity index (χ1v) is 10.9. The average Bonchev–Trinajstić information content (AvgIpc) is 3.35. The topological polar surface area (TPSA) is 83.9 Å². The molecule has 1 fully saturated rings. The van der Waals surface area contributed by atoms with Gasteiger partial charge in [0.15, 0.2) is 0 Å². The third-order valence-electron chi connectivity index (χ3n) is 4.71. The molecule has 0 atom stereocenters. The first-order chi connectivity index (χ1) is 14.9. The van der Waals surface area contributed by atoms with E-state index in [-0.39, 0.29) is 23.3 Å². The molecule has 31 heavy (non-hydrogen) atoms. The number of carboxylic acid groups (broad SMARTS) is 1. The van der Waals surface area contributed by atoms with Gasteiger partial charge >= 0.3 is 5.97 Å². The van der Waals surface area contributed by atoms with E-state index in [1.165, 1.54) is 22.3 Å². The number of thioether (sulfide) groups is 1. The van der Waals surface area contributed by atoms with Crippen LogP contribution in [0.4, 0.5) is 4.79 Å². The van der Waals surface area contributed by atoms with Gasteiger partial charge in [-0.2, -0.15) is 0 Å². The van der Waals surface area contributed by atoms with Crippen LogP contribution in [0, 0.1) is 0 Å². The molecular formula is C23H17NO5S2. The second-order valence-corrected chi connectivity index (χ2v) is 8.68. The van der Waals surface area contributed by atoms with Crippen LogP contribution >= 0.6 is 23.1 Å². The van der Waals surface area contributed by atoms with Gasteiger partial charge in [-0.3, -0.25) is 14.5 Å². The van der Waals surface area contributed by atoms with Gasteiger partial charge in [0.05, 0.1) is 24.1 Å². The lowest BCUT2D eigenvalue weighted by molar-refractivity contribution is -0.123. The Morgan fingerprint density at radius 3 is 2.58 bits per heavy atom. The molecule has 8 heteroatoms. The molecule has 3 aromatic rings. The van der Waals surface area contributed by atoms with Crippen LogP contribution in [0.5, 0.6) is 5.75 Å². The van der Waals surface area contributed by atoms with Gasteiger partial charge in [0.1, 0.15) is 5.75 Å². The number of amides is 2. The first-order valence-electron chi connectivity index (χ1n) is 9.25. The smallest absolute Gasteiger partial charge is 0.335 e. The van der Waals surface area contributed by atoms with Crippen LogP contribution in [0.25, 0.3) is 17.2 Å². The van der Waals surface area contributed by atoms with Crippen molar-refractivity contribution in [2.24, 2.45) is 0 Å². The van der Waals surface area contributed by atoms with Gasteiger partial charge in [-0.25, -0.2) is 4.79 Å². The standard InChI is InChI=1S/C23H17NO5S2/c1-29-18-7-5-14(6-8-18)12-24-21(25)20(31-23(24)28)11-19-10-17(13-30-19)15-3-2-4-16(9-15)22(26)27/h2-11,13H,12H2,1H3,(H,26,27). The molecule has 4 rings (SSSR count). The molecule has 156 valence electrons. The number of aromatic carboxylic acids is 1. The third-order valence-corrected chi connectivity index (χ3v) is 6.50. The summed E-state index contributed by atoms with van der Waals surface area (Å²) in [5.41, 5.74) is 2.69. The normalized spacial score (nSPS) is 15.0. The van der Waals surface area contributed by atoms with E-state index in [2.05, 4.69) is 0 Å². The van der Waals surface area contributed by atoms with Gasteiger partial charge < -0.3 is 9.84 Å². The van der Waals surface area contributed by atoms with Crippen molar-refractivity contribution in [2.45, 2.75) is 6.54 Å². The number of hydrogen-bond acceptors (Lipinski definition) is 6. The number of benzene rings is 2. The van der Waals surface area contributed by atoms with Crippen LogP contribution in [0.2, 0.25) is 0 Å². The van der Waals surface area contributed by atoms with Gasteiger partial charge in [-0.05, 0) is 70.2 Å². The van der Waals surface area contributed by atoms with Crippen LogP contribution < -0.4 is 4.74 Å². The number of methoxy groups -OCH3 is 1. The summed E-state index contributed by atoms with van der Waals surface area (Å²) < 4.78 is 5.13. The quantitative estimate of drug-likeness (QED) is 0.508. The van der Waals surface area contributed by atoms with Gasteiger partial charge in [0.2, 0.25) is 0 Å². The lowest BCUT2D eigenvalue weighted by Gasteiger charge is -2.12. The summed E-state index contributed by atoms with van der Waals surface area (Å²) in [7, 11) is 1.58. The Morgan fingerprint density at radius 2 is 1.87 bits per heavy atom. The third kappa shape index (κ3) is 4.55. The molecule has 1 aromatic heterocycles. The van der Waals surface area contributed by atoms with E-state index >= 15 is 0 Å². The highest BCUT2D eigenvalue weighted by Gasteiger charge is 2.35. The summed E-state index contributed by atoms with van der Waals surface area (Å²) in [6.07, 6.45) is 1.70. The molecule has 1 aliphatic rings. The second kappa shape index (κ2) is 8.79. The Hall–Kier alpha value is -3.36. The molecular weight excluding hydrogens is 434 g/mol. The number of carbonyl (C=O) groups excluding carboxylic acids is 2.